The highest BCUT2D eigenvalue weighted by atomic mass is 35.5. The Kier molecular flexibility index (Phi) is 5.31. The smallest absolute Gasteiger partial charge is 0.383 e. The molecule has 0 bridgehead atoms. The minimum Gasteiger partial charge on any atom is -0.383 e. The molecule has 3 rings (SSSR count). The zero-order valence-electron chi connectivity index (χ0n) is 13.1. The van der Waals surface area contributed by atoms with E-state index >= 15 is 0 Å². The van der Waals surface area contributed by atoms with Gasteiger partial charge in [0.25, 0.3) is 0 Å². The molecule has 140 valence electrons. The number of hydrogen-bond acceptors (Lipinski definition) is 5. The van der Waals surface area contributed by atoms with Crippen molar-refractivity contribution in [1.29, 1.82) is 0 Å². The maximum Gasteiger partial charge on any atom is 0.416 e. The Bertz CT molecular complexity index is 907. The van der Waals surface area contributed by atoms with Gasteiger partial charge in [-0.05, 0) is 12.1 Å². The number of benzene rings is 1. The molecule has 0 radical (unpaired) electrons. The standard InChI is InChI=1S/C14H11Cl2F3N4OS2/c1-26(24)11-9(13-21-2-3-25-13)22-23(12(11)20)10-7(15)4-6(5-8(10)16)14(17,18)19/h2,4-5,13H,3,20H2,1H3. The van der Waals surface area contributed by atoms with E-state index in [4.69, 9.17) is 28.9 Å². The summed E-state index contributed by atoms with van der Waals surface area (Å²) in [6.45, 7) is 0. The average Bonchev–Trinajstić information content (AvgIpc) is 3.14. The van der Waals surface area contributed by atoms with Gasteiger partial charge in [-0.15, -0.1) is 11.8 Å². The Morgan fingerprint density at radius 1 is 1.35 bits per heavy atom. The second kappa shape index (κ2) is 7.06. The fraction of sp³-hybridized carbons (Fsp3) is 0.286. The first kappa shape index (κ1) is 19.5. The molecule has 2 atom stereocenters. The third-order valence-electron chi connectivity index (χ3n) is 3.55. The quantitative estimate of drug-likeness (QED) is 0.767. The largest absolute Gasteiger partial charge is 0.416 e. The molecule has 2 aromatic rings. The summed E-state index contributed by atoms with van der Waals surface area (Å²) in [4.78, 5) is 4.50. The Balaban J connectivity index is 2.20. The topological polar surface area (TPSA) is 73.3 Å². The first-order chi connectivity index (χ1) is 12.1. The molecule has 1 aliphatic heterocycles. The van der Waals surface area contributed by atoms with E-state index in [0.717, 1.165) is 16.8 Å². The van der Waals surface area contributed by atoms with Gasteiger partial charge in [-0.3, -0.25) is 9.20 Å². The first-order valence-corrected chi connectivity index (χ1v) is 10.4. The highest BCUT2D eigenvalue weighted by molar-refractivity contribution is 8.00. The minimum absolute atomic E-state index is 0.00732. The van der Waals surface area contributed by atoms with E-state index in [-0.39, 0.29) is 26.4 Å². The van der Waals surface area contributed by atoms with Gasteiger partial charge in [0.2, 0.25) is 0 Å². The maximum atomic E-state index is 12.9. The number of alkyl halides is 3. The third kappa shape index (κ3) is 3.47. The zero-order chi connectivity index (χ0) is 19.2. The fourth-order valence-electron chi connectivity index (χ4n) is 2.46. The molecule has 0 amide bonds. The van der Waals surface area contributed by atoms with Gasteiger partial charge in [0.15, 0.2) is 0 Å². The molecular formula is C14H11Cl2F3N4OS2. The number of nitrogen functional groups attached to an aromatic ring is 1. The van der Waals surface area contributed by atoms with E-state index in [1.807, 2.05) is 0 Å². The number of nitrogens with zero attached hydrogens (tertiary/aromatic N) is 3. The SMILES string of the molecule is CS(=O)c1c(C2N=CCS2)nn(-c2c(Cl)cc(C(F)(F)F)cc2Cl)c1N. The number of aromatic nitrogens is 2. The lowest BCUT2D eigenvalue weighted by Gasteiger charge is -2.13. The monoisotopic (exact) mass is 442 g/mol. The van der Waals surface area contributed by atoms with Gasteiger partial charge >= 0.3 is 6.18 Å². The molecule has 5 nitrogen and oxygen atoms in total. The summed E-state index contributed by atoms with van der Waals surface area (Å²) in [5, 5.41) is 3.36. The molecule has 0 saturated carbocycles. The highest BCUT2D eigenvalue weighted by Crippen LogP contribution is 2.42. The second-order valence-electron chi connectivity index (χ2n) is 5.27. The number of rotatable bonds is 3. The third-order valence-corrected chi connectivity index (χ3v) is 6.12. The average molecular weight is 443 g/mol. The van der Waals surface area contributed by atoms with Crippen LogP contribution in [0.15, 0.2) is 22.0 Å². The normalized spacial score (nSPS) is 18.5. The number of nitrogens with two attached hydrogens (primary N) is 1. The lowest BCUT2D eigenvalue weighted by molar-refractivity contribution is -0.137. The van der Waals surface area contributed by atoms with Crippen LogP contribution < -0.4 is 5.73 Å². The van der Waals surface area contributed by atoms with Crippen LogP contribution in [0.3, 0.4) is 0 Å². The molecule has 1 aromatic carbocycles. The van der Waals surface area contributed by atoms with Crippen molar-refractivity contribution in [2.45, 2.75) is 16.4 Å². The molecule has 0 saturated heterocycles. The summed E-state index contributed by atoms with van der Waals surface area (Å²) in [6, 6.07) is 1.49. The van der Waals surface area contributed by atoms with Crippen LogP contribution in [-0.4, -0.2) is 32.2 Å². The van der Waals surface area contributed by atoms with E-state index in [1.54, 1.807) is 6.21 Å². The van der Waals surface area contributed by atoms with Crippen LogP contribution in [0, 0.1) is 0 Å². The van der Waals surface area contributed by atoms with E-state index in [0.29, 0.717) is 11.4 Å². The molecular weight excluding hydrogens is 432 g/mol. The van der Waals surface area contributed by atoms with E-state index in [2.05, 4.69) is 10.1 Å². The molecule has 26 heavy (non-hydrogen) atoms. The van der Waals surface area contributed by atoms with Crippen molar-refractivity contribution in [1.82, 2.24) is 9.78 Å². The van der Waals surface area contributed by atoms with E-state index < -0.39 is 27.9 Å². The van der Waals surface area contributed by atoms with Crippen LogP contribution in [0.2, 0.25) is 10.0 Å². The van der Waals surface area contributed by atoms with Crippen LogP contribution in [0.1, 0.15) is 16.6 Å². The lowest BCUT2D eigenvalue weighted by Crippen LogP contribution is -2.09. The minimum atomic E-state index is -4.60. The van der Waals surface area contributed by atoms with Crippen molar-refractivity contribution in [3.8, 4) is 5.69 Å². The van der Waals surface area contributed by atoms with Crippen molar-refractivity contribution in [2.24, 2.45) is 4.99 Å². The number of hydrogen-bond donors (Lipinski definition) is 1. The molecule has 0 spiro atoms. The second-order valence-corrected chi connectivity index (χ2v) is 8.51. The summed E-state index contributed by atoms with van der Waals surface area (Å²) in [6.07, 6.45) is -1.47. The van der Waals surface area contributed by atoms with Crippen molar-refractivity contribution in [3.63, 3.8) is 0 Å². The number of aliphatic imine (C=N–C) groups is 1. The summed E-state index contributed by atoms with van der Waals surface area (Å²) >= 11 is 13.5. The predicted molar refractivity (Wildman–Crippen MR) is 99.0 cm³/mol. The lowest BCUT2D eigenvalue weighted by atomic mass is 10.2. The predicted octanol–water partition coefficient (Wildman–Crippen LogP) is 4.33. The number of anilines is 1. The van der Waals surface area contributed by atoms with Gasteiger partial charge in [0, 0.05) is 18.2 Å². The van der Waals surface area contributed by atoms with Gasteiger partial charge in [-0.2, -0.15) is 18.3 Å². The van der Waals surface area contributed by atoms with Crippen molar-refractivity contribution in [3.05, 3.63) is 33.4 Å². The summed E-state index contributed by atoms with van der Waals surface area (Å²) in [5.41, 5.74) is 5.44. The Labute approximate surface area is 163 Å². The van der Waals surface area contributed by atoms with Crippen LogP contribution in [0.4, 0.5) is 19.0 Å². The summed E-state index contributed by atoms with van der Waals surface area (Å²) in [7, 11) is -1.49. The number of thioether (sulfide) groups is 1. The van der Waals surface area contributed by atoms with Crippen molar-refractivity contribution in [2.75, 3.05) is 17.7 Å². The molecule has 1 aromatic heterocycles. The molecule has 2 unspecified atom stereocenters. The highest BCUT2D eigenvalue weighted by Gasteiger charge is 2.33. The first-order valence-electron chi connectivity index (χ1n) is 7.03. The molecule has 0 aliphatic carbocycles. The molecule has 1 aliphatic rings. The van der Waals surface area contributed by atoms with Gasteiger partial charge in [0.1, 0.15) is 27.5 Å². The Hall–Kier alpha value is -1.23. The van der Waals surface area contributed by atoms with Crippen LogP contribution >= 0.6 is 35.0 Å². The van der Waals surface area contributed by atoms with Crippen LogP contribution in [-0.2, 0) is 17.0 Å². The fourth-order valence-corrected chi connectivity index (χ4v) is 4.86. The van der Waals surface area contributed by atoms with Gasteiger partial charge in [-0.25, -0.2) is 4.68 Å². The number of halogens is 5. The van der Waals surface area contributed by atoms with Crippen LogP contribution in [0.25, 0.3) is 5.69 Å². The molecule has 2 heterocycles. The Morgan fingerprint density at radius 3 is 2.42 bits per heavy atom. The maximum absolute atomic E-state index is 12.9. The summed E-state index contributed by atoms with van der Waals surface area (Å²) < 4.78 is 52.0. The summed E-state index contributed by atoms with van der Waals surface area (Å²) in [5.74, 6) is 0.654. The molecule has 0 fully saturated rings. The molecule has 2 N–H and O–H groups in total. The Morgan fingerprint density at radius 2 is 1.96 bits per heavy atom. The van der Waals surface area contributed by atoms with Gasteiger partial charge in [-0.1, -0.05) is 23.2 Å². The van der Waals surface area contributed by atoms with E-state index in [9.17, 15) is 17.4 Å². The van der Waals surface area contributed by atoms with Gasteiger partial charge < -0.3 is 5.73 Å². The van der Waals surface area contributed by atoms with Crippen molar-refractivity contribution >= 4 is 57.8 Å². The van der Waals surface area contributed by atoms with Crippen molar-refractivity contribution < 1.29 is 17.4 Å². The molecule has 12 heteroatoms. The van der Waals surface area contributed by atoms with Crippen LogP contribution in [0.5, 0.6) is 0 Å². The zero-order valence-corrected chi connectivity index (χ0v) is 16.2. The van der Waals surface area contributed by atoms with Gasteiger partial charge in [0.05, 0.1) is 26.4 Å². The van der Waals surface area contributed by atoms with E-state index in [1.165, 1.54) is 18.0 Å².